The SMILES string of the molecule is NC(=O)c1ccccc1NC(=O)C(=O)C(C(=O)c1ccc(Cl)c(Cl)c1)C1OC(=O)c2ccccc21. The van der Waals surface area contributed by atoms with E-state index in [1.165, 1.54) is 54.6 Å². The normalized spacial score (nSPS) is 15.0. The molecule has 0 aromatic heterocycles. The number of hydrogen-bond donors (Lipinski definition) is 2. The van der Waals surface area contributed by atoms with Crippen LogP contribution in [0.2, 0.25) is 10.0 Å². The maximum absolute atomic E-state index is 13.5. The number of benzene rings is 3. The highest BCUT2D eigenvalue weighted by molar-refractivity contribution is 6.46. The summed E-state index contributed by atoms with van der Waals surface area (Å²) in [6.45, 7) is 0. The Kier molecular flexibility index (Phi) is 6.68. The summed E-state index contributed by atoms with van der Waals surface area (Å²) < 4.78 is 5.38. The zero-order chi connectivity index (χ0) is 25.3. The molecule has 0 aliphatic carbocycles. The van der Waals surface area contributed by atoms with Crippen molar-refractivity contribution in [2.45, 2.75) is 6.10 Å². The number of anilines is 1. The Labute approximate surface area is 209 Å². The zero-order valence-corrected chi connectivity index (χ0v) is 19.3. The monoisotopic (exact) mass is 510 g/mol. The highest BCUT2D eigenvalue weighted by atomic mass is 35.5. The predicted octanol–water partition coefficient (Wildman–Crippen LogP) is 4.01. The second-order valence-electron chi connectivity index (χ2n) is 7.61. The first-order chi connectivity index (χ1) is 16.7. The van der Waals surface area contributed by atoms with Crippen molar-refractivity contribution in [1.82, 2.24) is 0 Å². The number of carbonyl (C=O) groups is 5. The smallest absolute Gasteiger partial charge is 0.339 e. The molecule has 35 heavy (non-hydrogen) atoms. The van der Waals surface area contributed by atoms with Crippen molar-refractivity contribution in [1.29, 1.82) is 0 Å². The van der Waals surface area contributed by atoms with Gasteiger partial charge in [0.15, 0.2) is 5.78 Å². The largest absolute Gasteiger partial charge is 0.453 e. The summed E-state index contributed by atoms with van der Waals surface area (Å²) in [4.78, 5) is 64.0. The molecule has 1 aliphatic rings. The van der Waals surface area contributed by atoms with Crippen molar-refractivity contribution in [3.63, 3.8) is 0 Å². The maximum atomic E-state index is 13.5. The molecule has 3 aromatic rings. The number of primary amides is 1. The summed E-state index contributed by atoms with van der Waals surface area (Å²) >= 11 is 12.0. The van der Waals surface area contributed by atoms with Crippen molar-refractivity contribution in [3.8, 4) is 0 Å². The van der Waals surface area contributed by atoms with Crippen LogP contribution in [0.1, 0.15) is 42.7 Å². The molecule has 8 nitrogen and oxygen atoms in total. The minimum atomic E-state index is -1.74. The summed E-state index contributed by atoms with van der Waals surface area (Å²) in [7, 11) is 0. The molecule has 0 spiro atoms. The molecule has 2 unspecified atom stereocenters. The van der Waals surface area contributed by atoms with Gasteiger partial charge in [0, 0.05) is 11.1 Å². The summed E-state index contributed by atoms with van der Waals surface area (Å²) in [5.41, 5.74) is 5.75. The molecule has 0 saturated carbocycles. The number of nitrogens with one attached hydrogen (secondary N) is 1. The Bertz CT molecular complexity index is 1400. The second-order valence-corrected chi connectivity index (χ2v) is 8.43. The van der Waals surface area contributed by atoms with Gasteiger partial charge in [-0.05, 0) is 36.4 Å². The molecule has 2 amide bonds. The number of nitrogens with two attached hydrogens (primary N) is 1. The van der Waals surface area contributed by atoms with E-state index in [0.717, 1.165) is 0 Å². The van der Waals surface area contributed by atoms with Crippen LogP contribution >= 0.6 is 23.2 Å². The molecule has 10 heteroatoms. The predicted molar refractivity (Wildman–Crippen MR) is 127 cm³/mol. The van der Waals surface area contributed by atoms with Crippen LogP contribution in [0, 0.1) is 5.92 Å². The highest BCUT2D eigenvalue weighted by Gasteiger charge is 2.46. The standard InChI is InChI=1S/C25H16Cl2N2O6/c26-16-10-9-12(11-17(16)27)20(30)19(22-13-5-1-2-6-14(13)25(34)35-22)21(31)24(33)29-18-8-4-3-7-15(18)23(28)32/h1-11,19,22H,(H2,28,32)(H,29,33). The van der Waals surface area contributed by atoms with Crippen molar-refractivity contribution < 1.29 is 28.7 Å². The number of Topliss-reactive ketones (excluding diaryl/α,β-unsaturated/α-hetero) is 2. The lowest BCUT2D eigenvalue weighted by Crippen LogP contribution is -2.38. The lowest BCUT2D eigenvalue weighted by Gasteiger charge is -2.21. The van der Waals surface area contributed by atoms with E-state index in [-0.39, 0.29) is 38.0 Å². The van der Waals surface area contributed by atoms with Gasteiger partial charge in [-0.1, -0.05) is 53.5 Å². The van der Waals surface area contributed by atoms with Gasteiger partial charge in [0.25, 0.3) is 11.8 Å². The Morgan fingerprint density at radius 1 is 0.914 bits per heavy atom. The molecular weight excluding hydrogens is 495 g/mol. The van der Waals surface area contributed by atoms with Crippen LogP contribution < -0.4 is 11.1 Å². The van der Waals surface area contributed by atoms with Crippen LogP contribution in [0.25, 0.3) is 0 Å². The molecule has 0 fully saturated rings. The average molecular weight is 511 g/mol. The van der Waals surface area contributed by atoms with E-state index in [0.29, 0.717) is 0 Å². The van der Waals surface area contributed by atoms with Gasteiger partial charge in [0.1, 0.15) is 12.0 Å². The fraction of sp³-hybridized carbons (Fsp3) is 0.0800. The molecule has 0 saturated heterocycles. The number of halogens is 2. The number of cyclic esters (lactones) is 1. The first kappa shape index (κ1) is 24.1. The molecule has 3 aromatic carbocycles. The fourth-order valence-electron chi connectivity index (χ4n) is 3.78. The summed E-state index contributed by atoms with van der Waals surface area (Å²) in [6, 6.07) is 16.0. The van der Waals surface area contributed by atoms with E-state index < -0.39 is 41.4 Å². The number of esters is 1. The van der Waals surface area contributed by atoms with Gasteiger partial charge in [0.2, 0.25) is 5.78 Å². The number of carbonyl (C=O) groups excluding carboxylic acids is 5. The van der Waals surface area contributed by atoms with Gasteiger partial charge < -0.3 is 15.8 Å². The number of ether oxygens (including phenoxy) is 1. The van der Waals surface area contributed by atoms with Crippen LogP contribution in [0.4, 0.5) is 5.69 Å². The third-order valence-electron chi connectivity index (χ3n) is 5.46. The average Bonchev–Trinajstić information content (AvgIpc) is 3.17. The molecule has 2 atom stereocenters. The molecule has 0 radical (unpaired) electrons. The number of hydrogen-bond acceptors (Lipinski definition) is 6. The van der Waals surface area contributed by atoms with Crippen molar-refractivity contribution in [2.24, 2.45) is 11.7 Å². The van der Waals surface area contributed by atoms with E-state index in [9.17, 15) is 24.0 Å². The zero-order valence-electron chi connectivity index (χ0n) is 17.8. The Balaban J connectivity index is 1.74. The number of amides is 2. The highest BCUT2D eigenvalue weighted by Crippen LogP contribution is 2.38. The summed E-state index contributed by atoms with van der Waals surface area (Å²) in [5, 5.41) is 2.58. The topological polar surface area (TPSA) is 133 Å². The maximum Gasteiger partial charge on any atom is 0.339 e. The van der Waals surface area contributed by atoms with E-state index in [1.54, 1.807) is 12.1 Å². The van der Waals surface area contributed by atoms with E-state index in [4.69, 9.17) is 33.7 Å². The first-order valence-electron chi connectivity index (χ1n) is 10.2. The lowest BCUT2D eigenvalue weighted by molar-refractivity contribution is -0.138. The second kappa shape index (κ2) is 9.69. The van der Waals surface area contributed by atoms with E-state index in [1.807, 2.05) is 0 Å². The summed E-state index contributed by atoms with van der Waals surface area (Å²) in [6.07, 6.45) is -1.36. The van der Waals surface area contributed by atoms with Gasteiger partial charge in [0.05, 0.1) is 26.9 Å². The van der Waals surface area contributed by atoms with Gasteiger partial charge in [-0.15, -0.1) is 0 Å². The quantitative estimate of drug-likeness (QED) is 0.213. The van der Waals surface area contributed by atoms with Crippen molar-refractivity contribution in [2.75, 3.05) is 5.32 Å². The lowest BCUT2D eigenvalue weighted by atomic mass is 9.84. The minimum Gasteiger partial charge on any atom is -0.453 e. The van der Waals surface area contributed by atoms with Crippen molar-refractivity contribution >= 4 is 58.2 Å². The third-order valence-corrected chi connectivity index (χ3v) is 6.20. The van der Waals surface area contributed by atoms with E-state index in [2.05, 4.69) is 5.32 Å². The van der Waals surface area contributed by atoms with E-state index >= 15 is 0 Å². The minimum absolute atomic E-state index is 0.0106. The Morgan fingerprint density at radius 2 is 1.60 bits per heavy atom. The van der Waals surface area contributed by atoms with Gasteiger partial charge in [-0.25, -0.2) is 4.79 Å². The fourth-order valence-corrected chi connectivity index (χ4v) is 4.07. The molecule has 1 aliphatic heterocycles. The number of ketones is 2. The molecule has 4 rings (SSSR count). The van der Waals surface area contributed by atoms with Gasteiger partial charge in [-0.3, -0.25) is 19.2 Å². The molecule has 176 valence electrons. The van der Waals surface area contributed by atoms with Crippen LogP contribution in [-0.4, -0.2) is 29.4 Å². The van der Waals surface area contributed by atoms with Crippen LogP contribution in [0.3, 0.4) is 0 Å². The van der Waals surface area contributed by atoms with Crippen molar-refractivity contribution in [3.05, 3.63) is 99.0 Å². The van der Waals surface area contributed by atoms with Crippen LogP contribution in [0.15, 0.2) is 66.7 Å². The third kappa shape index (κ3) is 4.66. The molecular formula is C25H16Cl2N2O6. The number of rotatable bonds is 7. The van der Waals surface area contributed by atoms with Crippen LogP contribution in [-0.2, 0) is 14.3 Å². The molecule has 0 bridgehead atoms. The van der Waals surface area contributed by atoms with Crippen LogP contribution in [0.5, 0.6) is 0 Å². The Morgan fingerprint density at radius 3 is 2.31 bits per heavy atom. The molecule has 1 heterocycles. The number of para-hydroxylation sites is 1. The Hall–Kier alpha value is -4.01. The summed E-state index contributed by atoms with van der Waals surface area (Å²) in [5.74, 6) is -6.48. The first-order valence-corrected chi connectivity index (χ1v) is 11.0. The molecule has 3 N–H and O–H groups in total. The van der Waals surface area contributed by atoms with Gasteiger partial charge in [-0.2, -0.15) is 0 Å². The van der Waals surface area contributed by atoms with Gasteiger partial charge >= 0.3 is 5.97 Å². The number of fused-ring (bicyclic) bond motifs is 1.